The summed E-state index contributed by atoms with van der Waals surface area (Å²) in [6.07, 6.45) is 5.33. The molecule has 1 saturated heterocycles. The van der Waals surface area contributed by atoms with Crippen LogP contribution in [-0.2, 0) is 16.6 Å². The minimum Gasteiger partial charge on any atom is -0.481 e. The lowest BCUT2D eigenvalue weighted by Gasteiger charge is -2.33. The number of carboxylic acid groups (broad SMARTS) is 1. The molecule has 2 unspecified atom stereocenters. The molecule has 6 nitrogen and oxygen atoms in total. The summed E-state index contributed by atoms with van der Waals surface area (Å²) < 4.78 is 1.74. The number of aromatic nitrogens is 2. The fraction of sp³-hybridized carbons (Fsp3) is 0.667. The predicted molar refractivity (Wildman–Crippen MR) is 75.5 cm³/mol. The number of carboxylic acids is 1. The first-order valence-electron chi connectivity index (χ1n) is 7.53. The molecule has 0 radical (unpaired) electrons. The van der Waals surface area contributed by atoms with Crippen LogP contribution in [0.4, 0.5) is 0 Å². The van der Waals surface area contributed by atoms with Crippen molar-refractivity contribution in [1.82, 2.24) is 14.7 Å². The Balaban J connectivity index is 2.07. The fourth-order valence-corrected chi connectivity index (χ4v) is 3.32. The highest BCUT2D eigenvalue weighted by atomic mass is 16.4. The van der Waals surface area contributed by atoms with Crippen molar-refractivity contribution in [2.75, 3.05) is 0 Å². The summed E-state index contributed by atoms with van der Waals surface area (Å²) in [6, 6.07) is -0.166. The van der Waals surface area contributed by atoms with Crippen molar-refractivity contribution >= 4 is 11.9 Å². The number of amides is 1. The zero-order chi connectivity index (χ0) is 15.1. The van der Waals surface area contributed by atoms with Gasteiger partial charge in [0.2, 0.25) is 5.91 Å². The van der Waals surface area contributed by atoms with E-state index in [1.807, 2.05) is 18.9 Å². The number of aliphatic carboxylic acids is 1. The SMILES string of the molecule is Cc1c(C2C(C(=O)O)CCCC(=O)N2C2CC2)cnn1C. The maximum Gasteiger partial charge on any atom is 0.308 e. The molecule has 21 heavy (non-hydrogen) atoms. The number of carbonyl (C=O) groups is 2. The molecule has 0 bridgehead atoms. The number of hydrogen-bond acceptors (Lipinski definition) is 3. The molecule has 0 aromatic carbocycles. The number of aryl methyl sites for hydroxylation is 1. The first-order chi connectivity index (χ1) is 10.0. The molecule has 1 N–H and O–H groups in total. The van der Waals surface area contributed by atoms with Gasteiger partial charge in [0, 0.05) is 30.8 Å². The van der Waals surface area contributed by atoms with Crippen LogP contribution in [0.3, 0.4) is 0 Å². The van der Waals surface area contributed by atoms with E-state index in [0.29, 0.717) is 19.3 Å². The maximum atomic E-state index is 12.5. The van der Waals surface area contributed by atoms with E-state index >= 15 is 0 Å². The average molecular weight is 291 g/mol. The normalized spacial score (nSPS) is 26.8. The standard InChI is InChI=1S/C15H21N3O3/c1-9-12(8-16-17(9)2)14-11(15(20)21)4-3-5-13(19)18(14)10-6-7-10/h8,10-11,14H,3-7H2,1-2H3,(H,20,21). The quantitative estimate of drug-likeness (QED) is 0.918. The van der Waals surface area contributed by atoms with Crippen molar-refractivity contribution in [1.29, 1.82) is 0 Å². The summed E-state index contributed by atoms with van der Waals surface area (Å²) in [5.74, 6) is -1.27. The smallest absolute Gasteiger partial charge is 0.308 e. The Labute approximate surface area is 123 Å². The van der Waals surface area contributed by atoms with Gasteiger partial charge in [-0.2, -0.15) is 5.10 Å². The molecule has 1 aliphatic carbocycles. The van der Waals surface area contributed by atoms with Crippen LogP contribution < -0.4 is 0 Å². The van der Waals surface area contributed by atoms with E-state index in [0.717, 1.165) is 24.1 Å². The summed E-state index contributed by atoms with van der Waals surface area (Å²) in [6.45, 7) is 1.93. The molecule has 3 rings (SSSR count). The molecule has 2 fully saturated rings. The zero-order valence-corrected chi connectivity index (χ0v) is 12.5. The van der Waals surface area contributed by atoms with Crippen molar-refractivity contribution < 1.29 is 14.7 Å². The van der Waals surface area contributed by atoms with Crippen LogP contribution in [0.25, 0.3) is 0 Å². The molecular weight excluding hydrogens is 270 g/mol. The molecule has 0 spiro atoms. The minimum absolute atomic E-state index is 0.0921. The molecule has 2 heterocycles. The van der Waals surface area contributed by atoms with Crippen LogP contribution in [0.5, 0.6) is 0 Å². The van der Waals surface area contributed by atoms with Crippen molar-refractivity contribution in [3.8, 4) is 0 Å². The third-order valence-electron chi connectivity index (χ3n) is 4.72. The maximum absolute atomic E-state index is 12.5. The van der Waals surface area contributed by atoms with Gasteiger partial charge in [-0.3, -0.25) is 14.3 Å². The molecule has 1 amide bonds. The van der Waals surface area contributed by atoms with E-state index in [4.69, 9.17) is 0 Å². The second kappa shape index (κ2) is 5.16. The number of rotatable bonds is 3. The Kier molecular flexibility index (Phi) is 3.47. The second-order valence-electron chi connectivity index (χ2n) is 6.12. The van der Waals surface area contributed by atoms with Gasteiger partial charge in [0.05, 0.1) is 18.2 Å². The van der Waals surface area contributed by atoms with Crippen LogP contribution >= 0.6 is 0 Å². The number of carbonyl (C=O) groups excluding carboxylic acids is 1. The molecule has 2 aliphatic rings. The summed E-state index contributed by atoms with van der Waals surface area (Å²) in [7, 11) is 1.84. The van der Waals surface area contributed by atoms with Crippen LogP contribution in [-0.4, -0.2) is 37.7 Å². The van der Waals surface area contributed by atoms with Crippen molar-refractivity contribution in [3.63, 3.8) is 0 Å². The van der Waals surface area contributed by atoms with E-state index in [2.05, 4.69) is 5.10 Å². The van der Waals surface area contributed by atoms with Crippen LogP contribution in [0.15, 0.2) is 6.20 Å². The highest BCUT2D eigenvalue weighted by Gasteiger charge is 2.45. The third-order valence-corrected chi connectivity index (χ3v) is 4.72. The molecule has 1 aliphatic heterocycles. The fourth-order valence-electron chi connectivity index (χ4n) is 3.32. The van der Waals surface area contributed by atoms with Gasteiger partial charge < -0.3 is 10.0 Å². The Hall–Kier alpha value is -1.85. The average Bonchev–Trinajstić information content (AvgIpc) is 3.21. The molecule has 1 saturated carbocycles. The summed E-state index contributed by atoms with van der Waals surface area (Å²) in [5.41, 5.74) is 1.82. The van der Waals surface area contributed by atoms with Gasteiger partial charge in [0.25, 0.3) is 0 Å². The second-order valence-corrected chi connectivity index (χ2v) is 6.12. The zero-order valence-electron chi connectivity index (χ0n) is 12.5. The molecule has 1 aromatic heterocycles. The third kappa shape index (κ3) is 2.43. The minimum atomic E-state index is -0.816. The number of hydrogen-bond donors (Lipinski definition) is 1. The van der Waals surface area contributed by atoms with Crippen LogP contribution in [0, 0.1) is 12.8 Å². The predicted octanol–water partition coefficient (Wildman–Crippen LogP) is 1.65. The summed E-state index contributed by atoms with van der Waals surface area (Å²) >= 11 is 0. The van der Waals surface area contributed by atoms with Gasteiger partial charge >= 0.3 is 5.97 Å². The largest absolute Gasteiger partial charge is 0.481 e. The van der Waals surface area contributed by atoms with E-state index in [9.17, 15) is 14.7 Å². The first-order valence-corrected chi connectivity index (χ1v) is 7.53. The Morgan fingerprint density at radius 2 is 2.10 bits per heavy atom. The Morgan fingerprint density at radius 1 is 1.38 bits per heavy atom. The first kappa shape index (κ1) is 14.1. The van der Waals surface area contributed by atoms with Crippen molar-refractivity contribution in [2.45, 2.75) is 51.1 Å². The van der Waals surface area contributed by atoms with Crippen molar-refractivity contribution in [3.05, 3.63) is 17.5 Å². The van der Waals surface area contributed by atoms with E-state index in [-0.39, 0.29) is 18.0 Å². The topological polar surface area (TPSA) is 75.4 Å². The van der Waals surface area contributed by atoms with Gasteiger partial charge in [0.1, 0.15) is 0 Å². The van der Waals surface area contributed by atoms with Crippen LogP contribution in [0.1, 0.15) is 49.4 Å². The van der Waals surface area contributed by atoms with Crippen LogP contribution in [0.2, 0.25) is 0 Å². The van der Waals surface area contributed by atoms with E-state index in [1.165, 1.54) is 0 Å². The number of likely N-dealkylation sites (tertiary alicyclic amines) is 1. The number of nitrogens with zero attached hydrogens (tertiary/aromatic N) is 3. The van der Waals surface area contributed by atoms with Gasteiger partial charge in [-0.05, 0) is 32.6 Å². The monoisotopic (exact) mass is 291 g/mol. The highest BCUT2D eigenvalue weighted by molar-refractivity contribution is 5.80. The van der Waals surface area contributed by atoms with E-state index in [1.54, 1.807) is 10.9 Å². The highest BCUT2D eigenvalue weighted by Crippen LogP contribution is 2.43. The van der Waals surface area contributed by atoms with Gasteiger partial charge in [0.15, 0.2) is 0 Å². The Bertz CT molecular complexity index is 577. The molecule has 6 heteroatoms. The lowest BCUT2D eigenvalue weighted by atomic mass is 9.89. The van der Waals surface area contributed by atoms with Gasteiger partial charge in [-0.15, -0.1) is 0 Å². The molecule has 2 atom stereocenters. The lowest BCUT2D eigenvalue weighted by Crippen LogP contribution is -2.40. The van der Waals surface area contributed by atoms with E-state index < -0.39 is 11.9 Å². The van der Waals surface area contributed by atoms with Crippen molar-refractivity contribution in [2.24, 2.45) is 13.0 Å². The van der Waals surface area contributed by atoms with Gasteiger partial charge in [-0.1, -0.05) is 0 Å². The Morgan fingerprint density at radius 3 is 2.62 bits per heavy atom. The molecular formula is C15H21N3O3. The van der Waals surface area contributed by atoms with Gasteiger partial charge in [-0.25, -0.2) is 0 Å². The molecule has 1 aromatic rings. The molecule has 114 valence electrons. The summed E-state index contributed by atoms with van der Waals surface area (Å²) in [5, 5.41) is 13.9. The summed E-state index contributed by atoms with van der Waals surface area (Å²) in [4.78, 5) is 26.1. The lowest BCUT2D eigenvalue weighted by molar-refractivity contribution is -0.146.